The average Bonchev–Trinajstić information content (AvgIpc) is 2.81. The molecule has 1 aromatic rings. The van der Waals surface area contributed by atoms with Crippen LogP contribution in [0, 0.1) is 0 Å². The fourth-order valence-electron chi connectivity index (χ4n) is 3.69. The Hall–Kier alpha value is -2.17. The third-order valence-corrected chi connectivity index (χ3v) is 5.65. The first kappa shape index (κ1) is 27.9. The number of allylic oxidation sites excluding steroid dienone is 2. The highest BCUT2D eigenvalue weighted by Gasteiger charge is 2.15. The zero-order valence-corrected chi connectivity index (χ0v) is 20.8. The highest BCUT2D eigenvalue weighted by Crippen LogP contribution is 2.39. The maximum absolute atomic E-state index is 12.4. The molecule has 0 radical (unpaired) electrons. The number of hydrogen-bond acceptors (Lipinski definition) is 4. The minimum atomic E-state index is -0.0237. The van der Waals surface area contributed by atoms with Crippen LogP contribution in [0.25, 0.3) is 0 Å². The van der Waals surface area contributed by atoms with Crippen molar-refractivity contribution in [1.82, 2.24) is 0 Å². The van der Waals surface area contributed by atoms with Crippen LogP contribution in [0.15, 0.2) is 24.3 Å². The lowest BCUT2D eigenvalue weighted by atomic mass is 10.1. The van der Waals surface area contributed by atoms with E-state index in [9.17, 15) is 4.79 Å². The van der Waals surface area contributed by atoms with Crippen LogP contribution < -0.4 is 19.5 Å². The van der Waals surface area contributed by atoms with Gasteiger partial charge in [0.1, 0.15) is 22.9 Å². The van der Waals surface area contributed by atoms with Crippen molar-refractivity contribution in [3.05, 3.63) is 24.3 Å². The summed E-state index contributed by atoms with van der Waals surface area (Å²) in [7, 11) is 4.71. The molecule has 0 aliphatic carbocycles. The Balaban J connectivity index is 2.13. The first-order chi connectivity index (χ1) is 15.7. The van der Waals surface area contributed by atoms with Gasteiger partial charge in [-0.3, -0.25) is 4.79 Å². The van der Waals surface area contributed by atoms with Crippen LogP contribution in [-0.2, 0) is 4.79 Å². The molecule has 0 fully saturated rings. The van der Waals surface area contributed by atoms with Gasteiger partial charge in [-0.1, -0.05) is 70.4 Å². The SMILES string of the molecule is CCCCCCCC/C=C/CCCCCCCC(=O)Nc1c(OC)cc(OC)cc1OC. The van der Waals surface area contributed by atoms with E-state index in [-0.39, 0.29) is 5.91 Å². The Bertz CT molecular complexity index is 632. The highest BCUT2D eigenvalue weighted by molar-refractivity contribution is 5.94. The van der Waals surface area contributed by atoms with Crippen LogP contribution in [0.4, 0.5) is 5.69 Å². The number of nitrogens with one attached hydrogen (secondary N) is 1. The molecule has 0 unspecified atom stereocenters. The van der Waals surface area contributed by atoms with E-state index in [2.05, 4.69) is 24.4 Å². The molecule has 0 aliphatic rings. The molecule has 1 rings (SSSR count). The Morgan fingerprint density at radius 2 is 1.25 bits per heavy atom. The Morgan fingerprint density at radius 1 is 0.750 bits per heavy atom. The summed E-state index contributed by atoms with van der Waals surface area (Å²) in [6.45, 7) is 2.26. The van der Waals surface area contributed by atoms with Gasteiger partial charge in [-0.25, -0.2) is 0 Å². The molecule has 5 heteroatoms. The molecule has 5 nitrogen and oxygen atoms in total. The largest absolute Gasteiger partial charge is 0.496 e. The Morgan fingerprint density at radius 3 is 1.75 bits per heavy atom. The van der Waals surface area contributed by atoms with E-state index in [1.807, 2.05) is 0 Å². The molecular weight excluding hydrogens is 402 g/mol. The first-order valence-electron chi connectivity index (χ1n) is 12.4. The molecule has 0 saturated carbocycles. The number of benzene rings is 1. The summed E-state index contributed by atoms with van der Waals surface area (Å²) in [5, 5.41) is 2.93. The van der Waals surface area contributed by atoms with Crippen molar-refractivity contribution in [3.63, 3.8) is 0 Å². The molecule has 0 aromatic heterocycles. The van der Waals surface area contributed by atoms with Gasteiger partial charge in [-0.2, -0.15) is 0 Å². The van der Waals surface area contributed by atoms with Crippen LogP contribution in [0.3, 0.4) is 0 Å². The van der Waals surface area contributed by atoms with Gasteiger partial charge < -0.3 is 19.5 Å². The fourth-order valence-corrected chi connectivity index (χ4v) is 3.69. The van der Waals surface area contributed by atoms with Gasteiger partial charge in [0.2, 0.25) is 5.91 Å². The van der Waals surface area contributed by atoms with E-state index >= 15 is 0 Å². The second-order valence-corrected chi connectivity index (χ2v) is 8.29. The second-order valence-electron chi connectivity index (χ2n) is 8.29. The molecule has 1 N–H and O–H groups in total. The van der Waals surface area contributed by atoms with Crippen molar-refractivity contribution in [3.8, 4) is 17.2 Å². The molecular formula is C27H45NO4. The molecule has 0 spiro atoms. The predicted molar refractivity (Wildman–Crippen MR) is 134 cm³/mol. The van der Waals surface area contributed by atoms with Crippen molar-refractivity contribution in [1.29, 1.82) is 0 Å². The van der Waals surface area contributed by atoms with E-state index in [0.717, 1.165) is 12.8 Å². The van der Waals surface area contributed by atoms with Gasteiger partial charge in [0.05, 0.1) is 21.3 Å². The number of carbonyl (C=O) groups excluding carboxylic acids is 1. The van der Waals surface area contributed by atoms with E-state index in [1.165, 1.54) is 70.6 Å². The summed E-state index contributed by atoms with van der Waals surface area (Å²) in [5.74, 6) is 1.65. The van der Waals surface area contributed by atoms with Crippen LogP contribution >= 0.6 is 0 Å². The van der Waals surface area contributed by atoms with Gasteiger partial charge in [0, 0.05) is 18.6 Å². The summed E-state index contributed by atoms with van der Waals surface area (Å²) in [4.78, 5) is 12.4. The van der Waals surface area contributed by atoms with Gasteiger partial charge in [-0.05, 0) is 32.1 Å². The lowest BCUT2D eigenvalue weighted by Crippen LogP contribution is -2.13. The number of rotatable bonds is 19. The maximum Gasteiger partial charge on any atom is 0.224 e. The van der Waals surface area contributed by atoms with Crippen LogP contribution in [0.5, 0.6) is 17.2 Å². The summed E-state index contributed by atoms with van der Waals surface area (Å²) >= 11 is 0. The number of unbranched alkanes of at least 4 members (excludes halogenated alkanes) is 11. The van der Waals surface area contributed by atoms with Crippen LogP contribution in [-0.4, -0.2) is 27.2 Å². The third kappa shape index (κ3) is 12.0. The standard InChI is InChI=1S/C27H45NO4/c1-5-6-7-8-9-10-11-12-13-14-15-16-17-18-19-20-26(29)28-27-24(31-3)21-23(30-2)22-25(27)32-4/h12-13,21-22H,5-11,14-20H2,1-4H3,(H,28,29)/b13-12+. The zero-order chi connectivity index (χ0) is 23.4. The minimum absolute atomic E-state index is 0.0237. The van der Waals surface area contributed by atoms with Crippen molar-refractivity contribution >= 4 is 11.6 Å². The summed E-state index contributed by atoms with van der Waals surface area (Å²) in [6.07, 6.45) is 21.4. The predicted octanol–water partition coefficient (Wildman–Crippen LogP) is 7.69. The lowest BCUT2D eigenvalue weighted by molar-refractivity contribution is -0.116. The number of carbonyl (C=O) groups is 1. The lowest BCUT2D eigenvalue weighted by Gasteiger charge is -2.15. The number of anilines is 1. The summed E-state index contributed by atoms with van der Waals surface area (Å²) < 4.78 is 16.0. The fraction of sp³-hybridized carbons (Fsp3) is 0.667. The molecule has 1 aromatic carbocycles. The second kappa shape index (κ2) is 18.4. The Labute approximate surface area is 195 Å². The highest BCUT2D eigenvalue weighted by atomic mass is 16.5. The van der Waals surface area contributed by atoms with Gasteiger partial charge in [-0.15, -0.1) is 0 Å². The van der Waals surface area contributed by atoms with Gasteiger partial charge in [0.25, 0.3) is 0 Å². The maximum atomic E-state index is 12.4. The topological polar surface area (TPSA) is 56.8 Å². The average molecular weight is 448 g/mol. The Kier molecular flexibility index (Phi) is 16.0. The van der Waals surface area contributed by atoms with E-state index in [0.29, 0.717) is 29.4 Å². The normalized spacial score (nSPS) is 11.0. The van der Waals surface area contributed by atoms with Gasteiger partial charge in [0.15, 0.2) is 0 Å². The minimum Gasteiger partial charge on any atom is -0.496 e. The quantitative estimate of drug-likeness (QED) is 0.174. The zero-order valence-electron chi connectivity index (χ0n) is 20.8. The molecule has 0 saturated heterocycles. The van der Waals surface area contributed by atoms with Crippen molar-refractivity contribution < 1.29 is 19.0 Å². The van der Waals surface area contributed by atoms with Gasteiger partial charge >= 0.3 is 0 Å². The first-order valence-corrected chi connectivity index (χ1v) is 12.4. The number of amides is 1. The van der Waals surface area contributed by atoms with Crippen molar-refractivity contribution in [2.45, 2.75) is 96.8 Å². The third-order valence-electron chi connectivity index (χ3n) is 5.65. The molecule has 182 valence electrons. The molecule has 0 bridgehead atoms. The molecule has 0 aliphatic heterocycles. The monoisotopic (exact) mass is 447 g/mol. The smallest absolute Gasteiger partial charge is 0.224 e. The summed E-state index contributed by atoms with van der Waals surface area (Å²) in [5.41, 5.74) is 0.550. The van der Waals surface area contributed by atoms with E-state index < -0.39 is 0 Å². The van der Waals surface area contributed by atoms with Crippen LogP contribution in [0.1, 0.15) is 96.8 Å². The molecule has 0 heterocycles. The van der Waals surface area contributed by atoms with Crippen molar-refractivity contribution in [2.75, 3.05) is 26.6 Å². The van der Waals surface area contributed by atoms with Crippen LogP contribution in [0.2, 0.25) is 0 Å². The van der Waals surface area contributed by atoms with E-state index in [1.54, 1.807) is 33.5 Å². The number of methoxy groups -OCH3 is 3. The molecule has 1 amide bonds. The van der Waals surface area contributed by atoms with Crippen molar-refractivity contribution in [2.24, 2.45) is 0 Å². The number of hydrogen-bond donors (Lipinski definition) is 1. The van der Waals surface area contributed by atoms with E-state index in [4.69, 9.17) is 14.2 Å². The number of ether oxygens (including phenoxy) is 3. The summed E-state index contributed by atoms with van der Waals surface area (Å²) in [6, 6.07) is 3.47. The molecule has 32 heavy (non-hydrogen) atoms. The molecule has 0 atom stereocenters.